The first-order valence-corrected chi connectivity index (χ1v) is 14.3. The van der Waals surface area contributed by atoms with Crippen LogP contribution in [-0.2, 0) is 26.2 Å². The van der Waals surface area contributed by atoms with Gasteiger partial charge in [-0.1, -0.05) is 59.1 Å². The molecule has 3 rings (SSSR count). The Morgan fingerprint density at radius 3 is 2.11 bits per heavy atom. The number of anilines is 1. The van der Waals surface area contributed by atoms with E-state index in [9.17, 15) is 18.0 Å². The molecule has 1 unspecified atom stereocenters. The normalized spacial score (nSPS) is 12.2. The number of benzene rings is 3. The zero-order chi connectivity index (χ0) is 28.0. The Bertz CT molecular complexity index is 1380. The van der Waals surface area contributed by atoms with E-state index in [1.54, 1.807) is 25.1 Å². The minimum absolute atomic E-state index is 0.0367. The van der Waals surface area contributed by atoms with E-state index in [0.717, 1.165) is 15.4 Å². The van der Waals surface area contributed by atoms with Gasteiger partial charge in [0.05, 0.1) is 10.6 Å². The molecule has 0 heterocycles. The summed E-state index contributed by atoms with van der Waals surface area (Å²) in [5.41, 5.74) is 2.08. The summed E-state index contributed by atoms with van der Waals surface area (Å²) in [7, 11) is -4.19. The van der Waals surface area contributed by atoms with Crippen molar-refractivity contribution in [2.75, 3.05) is 10.8 Å². The van der Waals surface area contributed by atoms with Crippen molar-refractivity contribution >= 4 is 50.7 Å². The number of amides is 2. The van der Waals surface area contributed by atoms with Gasteiger partial charge in [0.1, 0.15) is 12.6 Å². The summed E-state index contributed by atoms with van der Waals surface area (Å²) in [6, 6.07) is 18.5. The van der Waals surface area contributed by atoms with Crippen molar-refractivity contribution in [3.63, 3.8) is 0 Å². The van der Waals surface area contributed by atoms with Crippen molar-refractivity contribution in [2.24, 2.45) is 0 Å². The van der Waals surface area contributed by atoms with E-state index in [1.165, 1.54) is 35.2 Å². The molecular formula is C28H31Cl2N3O4S. The number of aryl methyl sites for hydroxylation is 1. The Kier molecular flexibility index (Phi) is 9.82. The van der Waals surface area contributed by atoms with Crippen LogP contribution < -0.4 is 9.62 Å². The second-order valence-corrected chi connectivity index (χ2v) is 12.0. The standard InChI is InChI=1S/C28H31Cl2N3O4S/c1-19(2)31-28(35)21(4)32(17-22-10-8-20(3)9-11-22)27(34)18-33(25-7-5-6-24(30)16-25)38(36,37)26-14-12-23(29)13-15-26/h5-16,19,21H,17-18H2,1-4H3,(H,31,35). The van der Waals surface area contributed by atoms with Crippen LogP contribution in [0, 0.1) is 6.92 Å². The number of sulfonamides is 1. The number of nitrogens with zero attached hydrogens (tertiary/aromatic N) is 2. The van der Waals surface area contributed by atoms with E-state index in [1.807, 2.05) is 45.0 Å². The number of carbonyl (C=O) groups excluding carboxylic acids is 2. The molecule has 0 fully saturated rings. The van der Waals surface area contributed by atoms with Crippen LogP contribution in [0.15, 0.2) is 77.7 Å². The largest absolute Gasteiger partial charge is 0.352 e. The maximum absolute atomic E-state index is 13.8. The first-order chi connectivity index (χ1) is 17.9. The van der Waals surface area contributed by atoms with Gasteiger partial charge in [0, 0.05) is 22.6 Å². The fourth-order valence-electron chi connectivity index (χ4n) is 3.77. The number of hydrogen-bond acceptors (Lipinski definition) is 4. The first-order valence-electron chi connectivity index (χ1n) is 12.1. The second-order valence-electron chi connectivity index (χ2n) is 9.29. The molecule has 38 heavy (non-hydrogen) atoms. The summed E-state index contributed by atoms with van der Waals surface area (Å²) in [4.78, 5) is 28.1. The van der Waals surface area contributed by atoms with Crippen LogP contribution in [0.4, 0.5) is 5.69 Å². The molecule has 0 bridgehead atoms. The average Bonchev–Trinajstić information content (AvgIpc) is 2.86. The molecule has 202 valence electrons. The van der Waals surface area contributed by atoms with Gasteiger partial charge in [0.25, 0.3) is 10.0 Å². The molecular weight excluding hydrogens is 545 g/mol. The highest BCUT2D eigenvalue weighted by Gasteiger charge is 2.32. The van der Waals surface area contributed by atoms with Crippen LogP contribution in [-0.4, -0.2) is 43.8 Å². The summed E-state index contributed by atoms with van der Waals surface area (Å²) < 4.78 is 28.5. The Labute approximate surface area is 234 Å². The van der Waals surface area contributed by atoms with Crippen molar-refractivity contribution in [3.05, 3.63) is 94.0 Å². The molecule has 0 aliphatic rings. The van der Waals surface area contributed by atoms with E-state index < -0.39 is 28.5 Å². The topological polar surface area (TPSA) is 86.8 Å². The second kappa shape index (κ2) is 12.7. The molecule has 0 spiro atoms. The third kappa shape index (κ3) is 7.49. The van der Waals surface area contributed by atoms with E-state index in [4.69, 9.17) is 23.2 Å². The molecule has 0 aromatic heterocycles. The fraction of sp³-hybridized carbons (Fsp3) is 0.286. The number of hydrogen-bond donors (Lipinski definition) is 1. The Balaban J connectivity index is 2.03. The average molecular weight is 577 g/mol. The third-order valence-electron chi connectivity index (χ3n) is 5.85. The highest BCUT2D eigenvalue weighted by atomic mass is 35.5. The SMILES string of the molecule is Cc1ccc(CN(C(=O)CN(c2cccc(Cl)c2)S(=O)(=O)c2ccc(Cl)cc2)C(C)C(=O)NC(C)C)cc1. The fourth-order valence-corrected chi connectivity index (χ4v) is 5.49. The van der Waals surface area contributed by atoms with Gasteiger partial charge in [0.2, 0.25) is 11.8 Å². The molecule has 0 aliphatic carbocycles. The minimum Gasteiger partial charge on any atom is -0.352 e. The lowest BCUT2D eigenvalue weighted by atomic mass is 10.1. The Hall–Kier alpha value is -3.07. The van der Waals surface area contributed by atoms with Crippen molar-refractivity contribution in [2.45, 2.75) is 51.2 Å². The summed E-state index contributed by atoms with van der Waals surface area (Å²) in [6.45, 7) is 6.82. The monoisotopic (exact) mass is 575 g/mol. The van der Waals surface area contributed by atoms with Gasteiger partial charge < -0.3 is 10.2 Å². The number of rotatable bonds is 10. The van der Waals surface area contributed by atoms with Crippen LogP contribution in [0.3, 0.4) is 0 Å². The maximum Gasteiger partial charge on any atom is 0.264 e. The highest BCUT2D eigenvalue weighted by Crippen LogP contribution is 2.27. The summed E-state index contributed by atoms with van der Waals surface area (Å²) >= 11 is 12.1. The Morgan fingerprint density at radius 1 is 0.895 bits per heavy atom. The van der Waals surface area contributed by atoms with Crippen LogP contribution in [0.2, 0.25) is 10.0 Å². The lowest BCUT2D eigenvalue weighted by molar-refractivity contribution is -0.139. The molecule has 3 aromatic carbocycles. The quantitative estimate of drug-likeness (QED) is 0.348. The lowest BCUT2D eigenvalue weighted by Gasteiger charge is -2.32. The van der Waals surface area contributed by atoms with E-state index in [2.05, 4.69) is 5.32 Å². The molecule has 10 heteroatoms. The summed E-state index contributed by atoms with van der Waals surface area (Å²) in [5, 5.41) is 3.52. The molecule has 1 atom stereocenters. The van der Waals surface area contributed by atoms with E-state index in [0.29, 0.717) is 10.0 Å². The van der Waals surface area contributed by atoms with Crippen molar-refractivity contribution in [1.82, 2.24) is 10.2 Å². The van der Waals surface area contributed by atoms with Crippen molar-refractivity contribution < 1.29 is 18.0 Å². The van der Waals surface area contributed by atoms with Crippen molar-refractivity contribution in [1.29, 1.82) is 0 Å². The molecule has 7 nitrogen and oxygen atoms in total. The Morgan fingerprint density at radius 2 is 1.53 bits per heavy atom. The molecule has 3 aromatic rings. The van der Waals surface area contributed by atoms with Gasteiger partial charge in [-0.25, -0.2) is 8.42 Å². The third-order valence-corrected chi connectivity index (χ3v) is 8.12. The van der Waals surface area contributed by atoms with Gasteiger partial charge in [-0.2, -0.15) is 0 Å². The van der Waals surface area contributed by atoms with Gasteiger partial charge >= 0.3 is 0 Å². The summed E-state index contributed by atoms with van der Waals surface area (Å²) in [5.74, 6) is -0.884. The first kappa shape index (κ1) is 29.5. The van der Waals surface area contributed by atoms with E-state index >= 15 is 0 Å². The molecule has 2 amide bonds. The van der Waals surface area contributed by atoms with E-state index in [-0.39, 0.29) is 29.1 Å². The van der Waals surface area contributed by atoms with Crippen LogP contribution in [0.1, 0.15) is 31.9 Å². The van der Waals surface area contributed by atoms with Crippen LogP contribution >= 0.6 is 23.2 Å². The smallest absolute Gasteiger partial charge is 0.264 e. The van der Waals surface area contributed by atoms with Crippen LogP contribution in [0.25, 0.3) is 0 Å². The van der Waals surface area contributed by atoms with Gasteiger partial charge in [-0.3, -0.25) is 13.9 Å². The van der Waals surface area contributed by atoms with Crippen molar-refractivity contribution in [3.8, 4) is 0 Å². The highest BCUT2D eigenvalue weighted by molar-refractivity contribution is 7.92. The van der Waals surface area contributed by atoms with Gasteiger partial charge in [-0.15, -0.1) is 0 Å². The number of nitrogens with one attached hydrogen (secondary N) is 1. The van der Waals surface area contributed by atoms with Crippen LogP contribution in [0.5, 0.6) is 0 Å². The predicted octanol–water partition coefficient (Wildman–Crippen LogP) is 5.44. The van der Waals surface area contributed by atoms with Gasteiger partial charge in [-0.05, 0) is 75.7 Å². The molecule has 0 aliphatic heterocycles. The molecule has 1 N–H and O–H groups in total. The maximum atomic E-state index is 13.8. The lowest BCUT2D eigenvalue weighted by Crippen LogP contribution is -2.52. The molecule has 0 saturated heterocycles. The summed E-state index contributed by atoms with van der Waals surface area (Å²) in [6.07, 6.45) is 0. The predicted molar refractivity (Wildman–Crippen MR) is 152 cm³/mol. The molecule has 0 radical (unpaired) electrons. The minimum atomic E-state index is -4.19. The molecule has 0 saturated carbocycles. The number of halogens is 2. The zero-order valence-corrected chi connectivity index (χ0v) is 24.0. The van der Waals surface area contributed by atoms with Gasteiger partial charge in [0.15, 0.2) is 0 Å². The zero-order valence-electron chi connectivity index (χ0n) is 21.7. The number of carbonyl (C=O) groups is 2.